The highest BCUT2D eigenvalue weighted by Crippen LogP contribution is 2.13. The van der Waals surface area contributed by atoms with Gasteiger partial charge in [0.05, 0.1) is 30.8 Å². The highest BCUT2D eigenvalue weighted by molar-refractivity contribution is 5.92. The number of ether oxygens (including phenoxy) is 1. The van der Waals surface area contributed by atoms with Gasteiger partial charge in [-0.15, -0.1) is 0 Å². The summed E-state index contributed by atoms with van der Waals surface area (Å²) in [4.78, 5) is 30.4. The van der Waals surface area contributed by atoms with E-state index in [9.17, 15) is 4.79 Å². The van der Waals surface area contributed by atoms with Crippen LogP contribution < -0.4 is 10.2 Å². The Balaban J connectivity index is 1.43. The molecule has 25 heavy (non-hydrogen) atoms. The van der Waals surface area contributed by atoms with Crippen molar-refractivity contribution in [2.45, 2.75) is 6.54 Å². The molecule has 1 aliphatic rings. The largest absolute Gasteiger partial charge is 0.378 e. The summed E-state index contributed by atoms with van der Waals surface area (Å²) in [5.41, 5.74) is 2.17. The lowest BCUT2D eigenvalue weighted by molar-refractivity contribution is 0.0944. The minimum Gasteiger partial charge on any atom is -0.378 e. The SMILES string of the molecule is O=C(NCc1nc2ccccc2[nH]1)c1cc(N2CCOCC2)ncn1. The maximum Gasteiger partial charge on any atom is 0.270 e. The highest BCUT2D eigenvalue weighted by atomic mass is 16.5. The standard InChI is InChI=1S/C17H18N6O2/c24-17(18-10-15-21-12-3-1-2-4-13(12)22-15)14-9-16(20-11-19-14)23-5-7-25-8-6-23/h1-4,9,11H,5-8,10H2,(H,18,24)(H,21,22). The molecule has 2 aromatic heterocycles. The van der Waals surface area contributed by atoms with Gasteiger partial charge in [0.2, 0.25) is 0 Å². The Bertz CT molecular complexity index is 854. The van der Waals surface area contributed by atoms with Crippen molar-refractivity contribution in [3.8, 4) is 0 Å². The van der Waals surface area contributed by atoms with Gasteiger partial charge in [0.15, 0.2) is 0 Å². The number of carbonyl (C=O) groups excluding carboxylic acids is 1. The molecule has 8 heteroatoms. The second-order valence-electron chi connectivity index (χ2n) is 5.74. The third-order valence-corrected chi connectivity index (χ3v) is 4.08. The topological polar surface area (TPSA) is 96.0 Å². The molecule has 3 aromatic rings. The van der Waals surface area contributed by atoms with Crippen LogP contribution in [0.3, 0.4) is 0 Å². The molecule has 128 valence electrons. The second-order valence-corrected chi connectivity index (χ2v) is 5.74. The third-order valence-electron chi connectivity index (χ3n) is 4.08. The fourth-order valence-electron chi connectivity index (χ4n) is 2.78. The van der Waals surface area contributed by atoms with Crippen molar-refractivity contribution in [3.05, 3.63) is 48.2 Å². The maximum absolute atomic E-state index is 12.4. The molecule has 1 saturated heterocycles. The number of imidazole rings is 1. The lowest BCUT2D eigenvalue weighted by Gasteiger charge is -2.27. The molecule has 0 unspecified atom stereocenters. The number of nitrogens with one attached hydrogen (secondary N) is 2. The minimum absolute atomic E-state index is 0.252. The summed E-state index contributed by atoms with van der Waals surface area (Å²) < 4.78 is 5.34. The predicted octanol–water partition coefficient (Wildman–Crippen LogP) is 1.12. The Labute approximate surface area is 144 Å². The molecular weight excluding hydrogens is 320 g/mol. The van der Waals surface area contributed by atoms with Gasteiger partial charge in [0.1, 0.15) is 23.7 Å². The second kappa shape index (κ2) is 6.86. The van der Waals surface area contributed by atoms with Gasteiger partial charge < -0.3 is 19.9 Å². The van der Waals surface area contributed by atoms with Crippen molar-refractivity contribution < 1.29 is 9.53 Å². The number of anilines is 1. The number of hydrogen-bond acceptors (Lipinski definition) is 6. The fourth-order valence-corrected chi connectivity index (χ4v) is 2.78. The van der Waals surface area contributed by atoms with Crippen LogP contribution >= 0.6 is 0 Å². The van der Waals surface area contributed by atoms with E-state index in [1.807, 2.05) is 24.3 Å². The number of benzene rings is 1. The third kappa shape index (κ3) is 3.43. The summed E-state index contributed by atoms with van der Waals surface area (Å²) in [5.74, 6) is 1.20. The first-order valence-electron chi connectivity index (χ1n) is 8.16. The van der Waals surface area contributed by atoms with E-state index in [2.05, 4.69) is 30.2 Å². The van der Waals surface area contributed by atoms with Crippen LogP contribution in [0, 0.1) is 0 Å². The number of morpholine rings is 1. The summed E-state index contributed by atoms with van der Waals surface area (Å²) in [6, 6.07) is 9.46. The van der Waals surface area contributed by atoms with Crippen molar-refractivity contribution in [1.29, 1.82) is 0 Å². The summed E-state index contributed by atoms with van der Waals surface area (Å²) in [6.45, 7) is 3.16. The smallest absolute Gasteiger partial charge is 0.270 e. The maximum atomic E-state index is 12.4. The van der Waals surface area contributed by atoms with E-state index in [0.29, 0.717) is 31.3 Å². The predicted molar refractivity (Wildman–Crippen MR) is 92.3 cm³/mol. The number of hydrogen-bond donors (Lipinski definition) is 2. The van der Waals surface area contributed by atoms with Gasteiger partial charge in [-0.1, -0.05) is 12.1 Å². The molecule has 0 spiro atoms. The van der Waals surface area contributed by atoms with Crippen LogP contribution in [0.4, 0.5) is 5.82 Å². The van der Waals surface area contributed by atoms with Crippen LogP contribution in [0.5, 0.6) is 0 Å². The summed E-state index contributed by atoms with van der Waals surface area (Å²) >= 11 is 0. The number of aromatic nitrogens is 4. The monoisotopic (exact) mass is 338 g/mol. The van der Waals surface area contributed by atoms with Crippen molar-refractivity contribution in [3.63, 3.8) is 0 Å². The molecule has 0 saturated carbocycles. The average molecular weight is 338 g/mol. The molecule has 4 rings (SSSR count). The summed E-state index contributed by atoms with van der Waals surface area (Å²) in [6.07, 6.45) is 1.42. The number of para-hydroxylation sites is 2. The van der Waals surface area contributed by atoms with Gasteiger partial charge in [0, 0.05) is 19.2 Å². The Kier molecular flexibility index (Phi) is 4.26. The average Bonchev–Trinajstić information content (AvgIpc) is 3.10. The fraction of sp³-hybridized carbons (Fsp3) is 0.294. The molecule has 1 amide bonds. The molecule has 1 aromatic carbocycles. The van der Waals surface area contributed by atoms with Gasteiger partial charge in [-0.3, -0.25) is 4.79 Å². The number of nitrogens with zero attached hydrogens (tertiary/aromatic N) is 4. The molecule has 0 radical (unpaired) electrons. The first-order valence-corrected chi connectivity index (χ1v) is 8.16. The highest BCUT2D eigenvalue weighted by Gasteiger charge is 2.15. The van der Waals surface area contributed by atoms with Crippen LogP contribution in [0.2, 0.25) is 0 Å². The lowest BCUT2D eigenvalue weighted by atomic mass is 10.3. The normalized spacial score (nSPS) is 14.6. The summed E-state index contributed by atoms with van der Waals surface area (Å²) in [5, 5.41) is 2.84. The number of H-pyrrole nitrogens is 1. The van der Waals surface area contributed by atoms with Crippen LogP contribution in [0.1, 0.15) is 16.3 Å². The van der Waals surface area contributed by atoms with Gasteiger partial charge in [-0.2, -0.15) is 0 Å². The van der Waals surface area contributed by atoms with Crippen LogP contribution in [-0.4, -0.2) is 52.1 Å². The molecule has 2 N–H and O–H groups in total. The summed E-state index contributed by atoms with van der Waals surface area (Å²) in [7, 11) is 0. The Morgan fingerprint density at radius 1 is 1.24 bits per heavy atom. The zero-order chi connectivity index (χ0) is 17.1. The number of rotatable bonds is 4. The Morgan fingerprint density at radius 3 is 2.92 bits per heavy atom. The molecule has 0 aliphatic carbocycles. The molecular formula is C17H18N6O2. The van der Waals surface area contributed by atoms with Gasteiger partial charge in [0.25, 0.3) is 5.91 Å². The van der Waals surface area contributed by atoms with E-state index in [4.69, 9.17) is 4.74 Å². The van der Waals surface area contributed by atoms with Crippen LogP contribution in [0.15, 0.2) is 36.7 Å². The van der Waals surface area contributed by atoms with E-state index in [-0.39, 0.29) is 5.91 Å². The van der Waals surface area contributed by atoms with E-state index in [0.717, 1.165) is 29.9 Å². The van der Waals surface area contributed by atoms with E-state index < -0.39 is 0 Å². The number of carbonyl (C=O) groups is 1. The molecule has 0 atom stereocenters. The molecule has 3 heterocycles. The van der Waals surface area contributed by atoms with Gasteiger partial charge in [-0.25, -0.2) is 15.0 Å². The van der Waals surface area contributed by atoms with Gasteiger partial charge in [-0.05, 0) is 12.1 Å². The number of fused-ring (bicyclic) bond motifs is 1. The van der Waals surface area contributed by atoms with E-state index in [1.54, 1.807) is 6.07 Å². The van der Waals surface area contributed by atoms with E-state index in [1.165, 1.54) is 6.33 Å². The molecule has 1 fully saturated rings. The lowest BCUT2D eigenvalue weighted by Crippen LogP contribution is -2.37. The van der Waals surface area contributed by atoms with Crippen molar-refractivity contribution in [2.24, 2.45) is 0 Å². The first kappa shape index (κ1) is 15.5. The van der Waals surface area contributed by atoms with Crippen molar-refractivity contribution in [2.75, 3.05) is 31.2 Å². The zero-order valence-electron chi connectivity index (χ0n) is 13.6. The van der Waals surface area contributed by atoms with E-state index >= 15 is 0 Å². The zero-order valence-corrected chi connectivity index (χ0v) is 13.6. The van der Waals surface area contributed by atoms with Crippen LogP contribution in [0.25, 0.3) is 11.0 Å². The van der Waals surface area contributed by atoms with Crippen molar-refractivity contribution in [1.82, 2.24) is 25.3 Å². The Hall–Kier alpha value is -3.00. The molecule has 1 aliphatic heterocycles. The quantitative estimate of drug-likeness (QED) is 0.740. The first-order chi connectivity index (χ1) is 12.3. The molecule has 8 nitrogen and oxygen atoms in total. The van der Waals surface area contributed by atoms with Crippen molar-refractivity contribution >= 4 is 22.8 Å². The molecule has 0 bridgehead atoms. The number of aromatic amines is 1. The number of amides is 1. The van der Waals surface area contributed by atoms with Gasteiger partial charge >= 0.3 is 0 Å². The Morgan fingerprint density at radius 2 is 2.08 bits per heavy atom. The van der Waals surface area contributed by atoms with Crippen LogP contribution in [-0.2, 0) is 11.3 Å². The minimum atomic E-state index is -0.252.